The lowest BCUT2D eigenvalue weighted by Gasteiger charge is -2.21. The second-order valence-corrected chi connectivity index (χ2v) is 4.85. The molecule has 4 nitrogen and oxygen atoms in total. The van der Waals surface area contributed by atoms with Gasteiger partial charge in [0.25, 0.3) is 0 Å². The molecule has 2 aromatic heterocycles. The van der Waals surface area contributed by atoms with Crippen LogP contribution in [0.15, 0.2) is 29.9 Å². The molecule has 0 fully saturated rings. The van der Waals surface area contributed by atoms with Crippen LogP contribution < -0.4 is 5.43 Å². The lowest BCUT2D eigenvalue weighted by atomic mass is 10.2. The van der Waals surface area contributed by atoms with Crippen molar-refractivity contribution in [1.82, 2.24) is 20.0 Å². The molecule has 86 valence electrons. The van der Waals surface area contributed by atoms with Gasteiger partial charge in [-0.05, 0) is 11.4 Å². The summed E-state index contributed by atoms with van der Waals surface area (Å²) in [7, 11) is 5.99. The Morgan fingerprint density at radius 3 is 2.81 bits per heavy atom. The smallest absolute Gasteiger partial charge is 0.132 e. The number of nitrogens with zero attached hydrogens (tertiary/aromatic N) is 3. The largest absolute Gasteiger partial charge is 0.336 e. The Bertz CT molecular complexity index is 433. The van der Waals surface area contributed by atoms with E-state index in [2.05, 4.69) is 27.9 Å². The fourth-order valence-electron chi connectivity index (χ4n) is 1.62. The van der Waals surface area contributed by atoms with Crippen LogP contribution in [0.5, 0.6) is 0 Å². The van der Waals surface area contributed by atoms with E-state index in [0.717, 1.165) is 5.82 Å². The molecule has 2 aromatic rings. The number of hydrogen-bond donors (Lipinski definition) is 1. The predicted molar refractivity (Wildman–Crippen MR) is 66.2 cm³/mol. The molecule has 1 unspecified atom stereocenters. The fourth-order valence-corrected chi connectivity index (χ4v) is 2.38. The first-order valence-corrected chi connectivity index (χ1v) is 6.00. The molecule has 0 spiro atoms. The van der Waals surface area contributed by atoms with Crippen LogP contribution in [0.25, 0.3) is 0 Å². The van der Waals surface area contributed by atoms with Gasteiger partial charge in [-0.3, -0.25) is 0 Å². The van der Waals surface area contributed by atoms with Crippen LogP contribution in [-0.4, -0.2) is 28.7 Å². The lowest BCUT2D eigenvalue weighted by molar-refractivity contribution is 0.256. The molecular weight excluding hydrogens is 220 g/mol. The minimum absolute atomic E-state index is 0.120. The fraction of sp³-hybridized carbons (Fsp3) is 0.364. The molecule has 0 saturated heterocycles. The van der Waals surface area contributed by atoms with E-state index in [-0.39, 0.29) is 6.04 Å². The van der Waals surface area contributed by atoms with E-state index in [9.17, 15) is 0 Å². The third-order valence-corrected chi connectivity index (χ3v) is 3.27. The number of nitrogens with one attached hydrogen (secondary N) is 1. The van der Waals surface area contributed by atoms with Crippen LogP contribution in [0, 0.1) is 0 Å². The Labute approximate surface area is 99.5 Å². The predicted octanol–water partition coefficient (Wildman–Crippen LogP) is 1.64. The summed E-state index contributed by atoms with van der Waals surface area (Å²) in [5.41, 5.74) is 3.39. The van der Waals surface area contributed by atoms with Gasteiger partial charge >= 0.3 is 0 Å². The monoisotopic (exact) mass is 236 g/mol. The van der Waals surface area contributed by atoms with Crippen molar-refractivity contribution >= 4 is 11.3 Å². The Hall–Kier alpha value is -1.17. The molecule has 2 rings (SSSR count). The normalized spacial score (nSPS) is 13.2. The standard InChI is InChI=1S/C11H16N4S/c1-14(2)13-10(9-5-4-8-16-9)11-12-6-7-15(11)3/h4-8,10,13H,1-3H3. The molecule has 0 aliphatic rings. The van der Waals surface area contributed by atoms with Gasteiger partial charge in [0.05, 0.1) is 0 Å². The number of hydrazine groups is 1. The van der Waals surface area contributed by atoms with Crippen LogP contribution in [0.3, 0.4) is 0 Å². The Kier molecular flexibility index (Phi) is 3.38. The highest BCUT2D eigenvalue weighted by Gasteiger charge is 2.19. The van der Waals surface area contributed by atoms with Crippen molar-refractivity contribution in [2.45, 2.75) is 6.04 Å². The van der Waals surface area contributed by atoms with E-state index in [1.54, 1.807) is 11.3 Å². The van der Waals surface area contributed by atoms with Gasteiger partial charge in [-0.2, -0.15) is 0 Å². The number of aryl methyl sites for hydroxylation is 1. The molecule has 0 aliphatic carbocycles. The van der Waals surface area contributed by atoms with Crippen LogP contribution in [-0.2, 0) is 7.05 Å². The molecule has 0 amide bonds. The van der Waals surface area contributed by atoms with Gasteiger partial charge in [0, 0.05) is 38.4 Å². The molecule has 1 atom stereocenters. The number of hydrogen-bond acceptors (Lipinski definition) is 4. The van der Waals surface area contributed by atoms with E-state index in [1.165, 1.54) is 4.88 Å². The van der Waals surface area contributed by atoms with Crippen molar-refractivity contribution in [2.75, 3.05) is 14.1 Å². The van der Waals surface area contributed by atoms with Gasteiger partial charge in [0.15, 0.2) is 0 Å². The van der Waals surface area contributed by atoms with Gasteiger partial charge in [-0.1, -0.05) is 6.07 Å². The highest BCUT2D eigenvalue weighted by molar-refractivity contribution is 7.10. The molecular formula is C11H16N4S. The third kappa shape index (κ3) is 2.32. The zero-order valence-electron chi connectivity index (χ0n) is 9.71. The Morgan fingerprint density at radius 1 is 1.50 bits per heavy atom. The van der Waals surface area contributed by atoms with Crippen molar-refractivity contribution in [3.8, 4) is 0 Å². The van der Waals surface area contributed by atoms with Crippen LogP contribution in [0.1, 0.15) is 16.7 Å². The molecule has 16 heavy (non-hydrogen) atoms. The summed E-state index contributed by atoms with van der Waals surface area (Å²) < 4.78 is 2.04. The van der Waals surface area contributed by atoms with E-state index >= 15 is 0 Å². The van der Waals surface area contributed by atoms with Gasteiger partial charge < -0.3 is 4.57 Å². The number of thiophene rings is 1. The summed E-state index contributed by atoms with van der Waals surface area (Å²) in [6.45, 7) is 0. The molecule has 0 radical (unpaired) electrons. The quantitative estimate of drug-likeness (QED) is 0.819. The van der Waals surface area contributed by atoms with Crippen molar-refractivity contribution in [3.05, 3.63) is 40.6 Å². The van der Waals surface area contributed by atoms with Crippen molar-refractivity contribution in [2.24, 2.45) is 7.05 Å². The van der Waals surface area contributed by atoms with Gasteiger partial charge in [-0.15, -0.1) is 11.3 Å². The lowest BCUT2D eigenvalue weighted by Crippen LogP contribution is -2.35. The minimum atomic E-state index is 0.120. The van der Waals surface area contributed by atoms with Gasteiger partial charge in [-0.25, -0.2) is 15.4 Å². The summed E-state index contributed by atoms with van der Waals surface area (Å²) in [6.07, 6.45) is 3.79. The van der Waals surface area contributed by atoms with E-state index in [0.29, 0.717) is 0 Å². The third-order valence-electron chi connectivity index (χ3n) is 2.33. The first kappa shape index (κ1) is 11.3. The first-order chi connectivity index (χ1) is 7.68. The summed E-state index contributed by atoms with van der Waals surface area (Å²) in [5, 5.41) is 4.04. The van der Waals surface area contributed by atoms with E-state index in [4.69, 9.17) is 0 Å². The summed E-state index contributed by atoms with van der Waals surface area (Å²) >= 11 is 1.74. The molecule has 5 heteroatoms. The minimum Gasteiger partial charge on any atom is -0.336 e. The zero-order valence-corrected chi connectivity index (χ0v) is 10.5. The maximum Gasteiger partial charge on any atom is 0.132 e. The van der Waals surface area contributed by atoms with E-state index < -0.39 is 0 Å². The summed E-state index contributed by atoms with van der Waals surface area (Å²) in [6, 6.07) is 4.31. The SMILES string of the molecule is CN(C)NC(c1cccs1)c1nccn1C. The van der Waals surface area contributed by atoms with Crippen LogP contribution >= 0.6 is 11.3 Å². The van der Waals surface area contributed by atoms with Gasteiger partial charge in [0.1, 0.15) is 11.9 Å². The zero-order chi connectivity index (χ0) is 11.5. The van der Waals surface area contributed by atoms with Gasteiger partial charge in [0.2, 0.25) is 0 Å². The van der Waals surface area contributed by atoms with Crippen molar-refractivity contribution in [3.63, 3.8) is 0 Å². The number of aromatic nitrogens is 2. The average Bonchev–Trinajstić information content (AvgIpc) is 2.84. The molecule has 0 bridgehead atoms. The van der Waals surface area contributed by atoms with Crippen LogP contribution in [0.4, 0.5) is 0 Å². The van der Waals surface area contributed by atoms with Crippen molar-refractivity contribution in [1.29, 1.82) is 0 Å². The highest BCUT2D eigenvalue weighted by Crippen LogP contribution is 2.24. The molecule has 0 saturated carbocycles. The summed E-state index contributed by atoms with van der Waals surface area (Å²) in [4.78, 5) is 5.67. The molecule has 0 aromatic carbocycles. The average molecular weight is 236 g/mol. The Balaban J connectivity index is 2.32. The summed E-state index contributed by atoms with van der Waals surface area (Å²) in [5.74, 6) is 1.02. The molecule has 0 aliphatic heterocycles. The second kappa shape index (κ2) is 4.78. The Morgan fingerprint density at radius 2 is 2.31 bits per heavy atom. The second-order valence-electron chi connectivity index (χ2n) is 3.87. The number of rotatable bonds is 4. The topological polar surface area (TPSA) is 33.1 Å². The van der Waals surface area contributed by atoms with Crippen LogP contribution in [0.2, 0.25) is 0 Å². The first-order valence-electron chi connectivity index (χ1n) is 5.12. The maximum absolute atomic E-state index is 4.41. The highest BCUT2D eigenvalue weighted by atomic mass is 32.1. The van der Waals surface area contributed by atoms with Crippen molar-refractivity contribution < 1.29 is 0 Å². The van der Waals surface area contributed by atoms with E-state index in [1.807, 2.05) is 43.1 Å². The maximum atomic E-state index is 4.41. The molecule has 2 heterocycles. The molecule has 1 N–H and O–H groups in total. The number of imidazole rings is 1.